The van der Waals surface area contributed by atoms with Crippen LogP contribution >= 0.6 is 0 Å². The predicted octanol–water partition coefficient (Wildman–Crippen LogP) is 3.85. The SMILES string of the molecule is CN(CCOc1ccc(C(F)(F)F)cc1)C(=O)Cn1cc(NC(=O)CCOc2ccccc2)cn1. The van der Waals surface area contributed by atoms with Crippen LogP contribution in [0.25, 0.3) is 0 Å². The third kappa shape index (κ3) is 8.36. The van der Waals surface area contributed by atoms with Crippen LogP contribution in [-0.2, 0) is 22.3 Å². The minimum absolute atomic E-state index is 0.0518. The van der Waals surface area contributed by atoms with Gasteiger partial charge in [-0.15, -0.1) is 0 Å². The second-order valence-corrected chi connectivity index (χ2v) is 7.57. The number of ether oxygens (including phenoxy) is 2. The Labute approximate surface area is 200 Å². The molecule has 2 aromatic carbocycles. The van der Waals surface area contributed by atoms with E-state index in [0.717, 1.165) is 12.1 Å². The van der Waals surface area contributed by atoms with Gasteiger partial charge >= 0.3 is 6.18 Å². The highest BCUT2D eigenvalue weighted by Gasteiger charge is 2.30. The lowest BCUT2D eigenvalue weighted by molar-refractivity contribution is -0.137. The number of rotatable bonds is 11. The first kappa shape index (κ1) is 25.6. The molecule has 0 radical (unpaired) electrons. The summed E-state index contributed by atoms with van der Waals surface area (Å²) in [5.41, 5.74) is -0.303. The molecule has 0 unspecified atom stereocenters. The van der Waals surface area contributed by atoms with Crippen LogP contribution in [0, 0.1) is 0 Å². The van der Waals surface area contributed by atoms with Crippen molar-refractivity contribution in [1.29, 1.82) is 0 Å². The van der Waals surface area contributed by atoms with Gasteiger partial charge in [-0.05, 0) is 36.4 Å². The molecule has 0 spiro atoms. The highest BCUT2D eigenvalue weighted by atomic mass is 19.4. The average molecular weight is 490 g/mol. The van der Waals surface area contributed by atoms with E-state index < -0.39 is 11.7 Å². The Morgan fingerprint density at radius 2 is 1.66 bits per heavy atom. The van der Waals surface area contributed by atoms with E-state index in [-0.39, 0.29) is 50.3 Å². The molecule has 3 aromatic rings. The lowest BCUT2D eigenvalue weighted by atomic mass is 10.2. The van der Waals surface area contributed by atoms with E-state index in [4.69, 9.17) is 9.47 Å². The molecule has 3 rings (SSSR count). The van der Waals surface area contributed by atoms with E-state index >= 15 is 0 Å². The summed E-state index contributed by atoms with van der Waals surface area (Å²) in [6, 6.07) is 13.5. The maximum absolute atomic E-state index is 12.6. The van der Waals surface area contributed by atoms with Gasteiger partial charge < -0.3 is 19.7 Å². The average Bonchev–Trinajstić information content (AvgIpc) is 3.25. The Morgan fingerprint density at radius 1 is 1.00 bits per heavy atom. The molecule has 0 aliphatic heterocycles. The van der Waals surface area contributed by atoms with E-state index in [1.54, 1.807) is 25.4 Å². The second-order valence-electron chi connectivity index (χ2n) is 7.57. The fourth-order valence-electron chi connectivity index (χ4n) is 2.94. The number of hydrogen-bond donors (Lipinski definition) is 1. The number of likely N-dealkylation sites (N-methyl/N-ethyl adjacent to an activating group) is 1. The summed E-state index contributed by atoms with van der Waals surface area (Å²) in [6.07, 6.45) is -1.27. The van der Waals surface area contributed by atoms with Gasteiger partial charge in [0.25, 0.3) is 0 Å². The lowest BCUT2D eigenvalue weighted by Gasteiger charge is -2.17. The molecule has 1 N–H and O–H groups in total. The molecule has 0 fully saturated rings. The summed E-state index contributed by atoms with van der Waals surface area (Å²) in [5.74, 6) is 0.462. The zero-order valence-electron chi connectivity index (χ0n) is 19.0. The first-order valence-corrected chi connectivity index (χ1v) is 10.7. The Kier molecular flexibility index (Phi) is 8.71. The number of alkyl halides is 3. The van der Waals surface area contributed by atoms with Crippen molar-refractivity contribution >= 4 is 17.5 Å². The van der Waals surface area contributed by atoms with Crippen molar-refractivity contribution in [3.63, 3.8) is 0 Å². The third-order valence-corrected chi connectivity index (χ3v) is 4.86. The molecule has 0 saturated carbocycles. The zero-order valence-corrected chi connectivity index (χ0v) is 19.0. The molecule has 2 amide bonds. The van der Waals surface area contributed by atoms with Crippen molar-refractivity contribution in [3.8, 4) is 11.5 Å². The van der Waals surface area contributed by atoms with Crippen LogP contribution < -0.4 is 14.8 Å². The first-order valence-electron chi connectivity index (χ1n) is 10.7. The van der Waals surface area contributed by atoms with E-state index in [0.29, 0.717) is 11.4 Å². The molecular weight excluding hydrogens is 465 g/mol. The maximum Gasteiger partial charge on any atom is 0.416 e. The number of halogens is 3. The Morgan fingerprint density at radius 3 is 2.34 bits per heavy atom. The van der Waals surface area contributed by atoms with Crippen LogP contribution in [0.3, 0.4) is 0 Å². The van der Waals surface area contributed by atoms with Crippen LogP contribution in [0.5, 0.6) is 11.5 Å². The number of anilines is 1. The third-order valence-electron chi connectivity index (χ3n) is 4.86. The molecule has 1 aromatic heterocycles. The zero-order chi connectivity index (χ0) is 25.3. The summed E-state index contributed by atoms with van der Waals surface area (Å²) in [7, 11) is 1.58. The van der Waals surface area contributed by atoms with E-state index in [1.807, 2.05) is 18.2 Å². The summed E-state index contributed by atoms with van der Waals surface area (Å²) in [5, 5.41) is 6.77. The number of benzene rings is 2. The van der Waals surface area contributed by atoms with Gasteiger partial charge in [0.2, 0.25) is 11.8 Å². The van der Waals surface area contributed by atoms with Crippen molar-refractivity contribution in [2.24, 2.45) is 0 Å². The number of aromatic nitrogens is 2. The topological polar surface area (TPSA) is 85.7 Å². The van der Waals surface area contributed by atoms with Crippen molar-refractivity contribution in [2.75, 3.05) is 32.1 Å². The molecular formula is C24H25F3N4O4. The first-order chi connectivity index (χ1) is 16.7. The number of para-hydroxylation sites is 1. The second kappa shape index (κ2) is 11.9. The fraction of sp³-hybridized carbons (Fsp3) is 0.292. The standard InChI is InChI=1S/C24H25F3N4O4/c1-30(12-14-35-21-9-7-18(8-10-21)24(25,26)27)23(33)17-31-16-19(15-28-31)29-22(32)11-13-34-20-5-3-2-4-6-20/h2-10,15-16H,11-14,17H2,1H3,(H,29,32). The number of nitrogens with zero attached hydrogens (tertiary/aromatic N) is 3. The number of carbonyl (C=O) groups excluding carboxylic acids is 2. The normalized spacial score (nSPS) is 11.1. The largest absolute Gasteiger partial charge is 0.493 e. The Bertz CT molecular complexity index is 1100. The highest BCUT2D eigenvalue weighted by molar-refractivity contribution is 5.90. The molecule has 0 aliphatic carbocycles. The van der Waals surface area contributed by atoms with Crippen LogP contribution in [-0.4, -0.2) is 53.3 Å². The van der Waals surface area contributed by atoms with Gasteiger partial charge in [-0.2, -0.15) is 18.3 Å². The van der Waals surface area contributed by atoms with E-state index in [1.165, 1.54) is 27.9 Å². The summed E-state index contributed by atoms with van der Waals surface area (Å²) >= 11 is 0. The van der Waals surface area contributed by atoms with Gasteiger partial charge in [-0.25, -0.2) is 0 Å². The molecule has 1 heterocycles. The van der Waals surface area contributed by atoms with Crippen molar-refractivity contribution in [3.05, 3.63) is 72.6 Å². The smallest absolute Gasteiger partial charge is 0.416 e. The van der Waals surface area contributed by atoms with Gasteiger partial charge in [0.15, 0.2) is 0 Å². The van der Waals surface area contributed by atoms with Gasteiger partial charge in [0.05, 0.1) is 37.0 Å². The number of hydrogen-bond acceptors (Lipinski definition) is 5. The minimum Gasteiger partial charge on any atom is -0.493 e. The molecule has 8 nitrogen and oxygen atoms in total. The van der Waals surface area contributed by atoms with Gasteiger partial charge in [0, 0.05) is 13.2 Å². The lowest BCUT2D eigenvalue weighted by Crippen LogP contribution is -2.33. The van der Waals surface area contributed by atoms with Crippen LogP contribution in [0.1, 0.15) is 12.0 Å². The quantitative estimate of drug-likeness (QED) is 0.441. The van der Waals surface area contributed by atoms with Crippen LogP contribution in [0.4, 0.5) is 18.9 Å². The number of amides is 2. The summed E-state index contributed by atoms with van der Waals surface area (Å²) in [6.45, 7) is 0.511. The predicted molar refractivity (Wildman–Crippen MR) is 122 cm³/mol. The highest BCUT2D eigenvalue weighted by Crippen LogP contribution is 2.30. The number of carbonyl (C=O) groups is 2. The molecule has 0 saturated heterocycles. The molecule has 0 atom stereocenters. The molecule has 35 heavy (non-hydrogen) atoms. The number of nitrogens with one attached hydrogen (secondary N) is 1. The molecule has 11 heteroatoms. The van der Waals surface area contributed by atoms with Crippen LogP contribution in [0.2, 0.25) is 0 Å². The maximum atomic E-state index is 12.6. The monoisotopic (exact) mass is 490 g/mol. The summed E-state index contributed by atoms with van der Waals surface area (Å²) < 4.78 is 50.1. The minimum atomic E-state index is -4.41. The molecule has 0 aliphatic rings. The van der Waals surface area contributed by atoms with E-state index in [2.05, 4.69) is 10.4 Å². The van der Waals surface area contributed by atoms with Gasteiger partial charge in [0.1, 0.15) is 24.7 Å². The van der Waals surface area contributed by atoms with Crippen LogP contribution in [0.15, 0.2) is 67.0 Å². The Balaban J connectivity index is 1.36. The van der Waals surface area contributed by atoms with Crippen molar-refractivity contribution < 1.29 is 32.2 Å². The van der Waals surface area contributed by atoms with Gasteiger partial charge in [-0.1, -0.05) is 18.2 Å². The van der Waals surface area contributed by atoms with Gasteiger partial charge in [-0.3, -0.25) is 14.3 Å². The molecule has 0 bridgehead atoms. The Hall–Kier alpha value is -4.02. The van der Waals surface area contributed by atoms with E-state index in [9.17, 15) is 22.8 Å². The summed E-state index contributed by atoms with van der Waals surface area (Å²) in [4.78, 5) is 25.9. The fourth-order valence-corrected chi connectivity index (χ4v) is 2.94. The van der Waals surface area contributed by atoms with Crippen molar-refractivity contribution in [2.45, 2.75) is 19.1 Å². The van der Waals surface area contributed by atoms with Crippen molar-refractivity contribution in [1.82, 2.24) is 14.7 Å². The molecule has 186 valence electrons.